The van der Waals surface area contributed by atoms with E-state index < -0.39 is 0 Å². The van der Waals surface area contributed by atoms with E-state index in [-0.39, 0.29) is 0 Å². The zero-order valence-corrected chi connectivity index (χ0v) is 7.45. The van der Waals surface area contributed by atoms with Crippen molar-refractivity contribution in [1.82, 2.24) is 0 Å². The highest BCUT2D eigenvalue weighted by Gasteiger charge is 1.95. The Hall–Kier alpha value is 0.350. The number of thiol groups is 1. The molecule has 9 heavy (non-hydrogen) atoms. The molecule has 56 valence electrons. The molecule has 0 heterocycles. The topological polar surface area (TPSA) is 0 Å². The molecule has 0 aromatic heterocycles. The van der Waals surface area contributed by atoms with Crippen LogP contribution in [-0.2, 0) is 0 Å². The van der Waals surface area contributed by atoms with Crippen LogP contribution >= 0.6 is 12.6 Å². The Morgan fingerprint density at radius 2 is 2.00 bits per heavy atom. The summed E-state index contributed by atoms with van der Waals surface area (Å²) >= 11 is 4.15. The Bertz CT molecular complexity index is 52.5. The van der Waals surface area contributed by atoms with Gasteiger partial charge in [-0.05, 0) is 18.1 Å². The van der Waals surface area contributed by atoms with Crippen molar-refractivity contribution in [1.29, 1.82) is 0 Å². The van der Waals surface area contributed by atoms with E-state index in [1.165, 1.54) is 25.7 Å². The van der Waals surface area contributed by atoms with Crippen LogP contribution in [0.1, 0.15) is 39.5 Å². The molecule has 0 aliphatic heterocycles. The Morgan fingerprint density at radius 1 is 1.33 bits per heavy atom. The molecule has 0 spiro atoms. The smallest absolute Gasteiger partial charge is 0.00979 e. The maximum atomic E-state index is 4.15. The minimum absolute atomic E-state index is 0.921. The number of rotatable bonds is 5. The highest BCUT2D eigenvalue weighted by Crippen LogP contribution is 2.10. The van der Waals surface area contributed by atoms with E-state index >= 15 is 0 Å². The summed E-state index contributed by atoms with van der Waals surface area (Å²) in [5, 5.41) is 0. The van der Waals surface area contributed by atoms with E-state index in [2.05, 4.69) is 26.5 Å². The molecule has 0 aromatic carbocycles. The van der Waals surface area contributed by atoms with Crippen LogP contribution in [0, 0.1) is 5.92 Å². The van der Waals surface area contributed by atoms with Crippen molar-refractivity contribution in [3.63, 3.8) is 0 Å². The molecule has 0 saturated heterocycles. The Morgan fingerprint density at radius 3 is 2.44 bits per heavy atom. The molecule has 0 rings (SSSR count). The maximum absolute atomic E-state index is 4.15. The monoisotopic (exact) mass is 146 g/mol. The summed E-state index contributed by atoms with van der Waals surface area (Å²) < 4.78 is 0. The lowest BCUT2D eigenvalue weighted by Gasteiger charge is -2.05. The third-order valence-electron chi connectivity index (χ3n) is 1.80. The third-order valence-corrected chi connectivity index (χ3v) is 2.12. The molecular formula is C8H18S. The third kappa shape index (κ3) is 6.23. The normalized spacial score (nSPS) is 13.7. The zero-order chi connectivity index (χ0) is 7.11. The van der Waals surface area contributed by atoms with Crippen molar-refractivity contribution in [2.24, 2.45) is 5.92 Å². The van der Waals surface area contributed by atoms with Gasteiger partial charge < -0.3 is 0 Å². The van der Waals surface area contributed by atoms with Crippen LogP contribution in [0.5, 0.6) is 0 Å². The van der Waals surface area contributed by atoms with Gasteiger partial charge in [0.15, 0.2) is 0 Å². The molecule has 1 heteroatoms. The van der Waals surface area contributed by atoms with E-state index in [0.717, 1.165) is 11.7 Å². The van der Waals surface area contributed by atoms with E-state index in [0.29, 0.717) is 0 Å². The zero-order valence-electron chi connectivity index (χ0n) is 6.56. The predicted octanol–water partition coefficient (Wildman–Crippen LogP) is 3.13. The van der Waals surface area contributed by atoms with Gasteiger partial charge >= 0.3 is 0 Å². The van der Waals surface area contributed by atoms with E-state index in [9.17, 15) is 0 Å². The largest absolute Gasteiger partial charge is 0.179 e. The van der Waals surface area contributed by atoms with Gasteiger partial charge in [0, 0.05) is 0 Å². The first-order chi connectivity index (χ1) is 4.31. The molecule has 0 saturated carbocycles. The summed E-state index contributed by atoms with van der Waals surface area (Å²) in [6.07, 6.45) is 5.36. The van der Waals surface area contributed by atoms with Crippen LogP contribution in [0.4, 0.5) is 0 Å². The highest BCUT2D eigenvalue weighted by molar-refractivity contribution is 7.80. The van der Waals surface area contributed by atoms with Crippen LogP contribution < -0.4 is 0 Å². The quantitative estimate of drug-likeness (QED) is 0.447. The second kappa shape index (κ2) is 6.47. The number of hydrogen-bond acceptors (Lipinski definition) is 1. The first-order valence-electron chi connectivity index (χ1n) is 3.92. The summed E-state index contributed by atoms with van der Waals surface area (Å²) in [6.45, 7) is 4.57. The van der Waals surface area contributed by atoms with Gasteiger partial charge in [0.1, 0.15) is 0 Å². The molecule has 0 aliphatic carbocycles. The second-order valence-corrected chi connectivity index (χ2v) is 3.18. The Kier molecular flexibility index (Phi) is 6.72. The summed E-state index contributed by atoms with van der Waals surface area (Å²) in [7, 11) is 0. The fraction of sp³-hybridized carbons (Fsp3) is 1.00. The molecule has 0 N–H and O–H groups in total. The molecule has 0 nitrogen and oxygen atoms in total. The molecular weight excluding hydrogens is 128 g/mol. The Balaban J connectivity index is 2.88. The maximum Gasteiger partial charge on any atom is -0.00979 e. The minimum Gasteiger partial charge on any atom is -0.179 e. The van der Waals surface area contributed by atoms with Gasteiger partial charge in [-0.1, -0.05) is 33.1 Å². The number of hydrogen-bond donors (Lipinski definition) is 1. The lowest BCUT2D eigenvalue weighted by atomic mass is 10.0. The number of unbranched alkanes of at least 4 members (excludes halogenated alkanes) is 1. The molecule has 0 bridgehead atoms. The lowest BCUT2D eigenvalue weighted by Crippen LogP contribution is -1.91. The van der Waals surface area contributed by atoms with Crippen LogP contribution in [0.2, 0.25) is 0 Å². The van der Waals surface area contributed by atoms with Crippen molar-refractivity contribution in [2.45, 2.75) is 39.5 Å². The highest BCUT2D eigenvalue weighted by atomic mass is 32.1. The van der Waals surface area contributed by atoms with E-state index in [1.807, 2.05) is 0 Å². The summed E-state index contributed by atoms with van der Waals surface area (Å²) in [4.78, 5) is 0. The first kappa shape index (κ1) is 9.35. The summed E-state index contributed by atoms with van der Waals surface area (Å²) in [6, 6.07) is 0. The van der Waals surface area contributed by atoms with Crippen LogP contribution in [-0.4, -0.2) is 5.75 Å². The fourth-order valence-corrected chi connectivity index (χ4v) is 1.03. The van der Waals surface area contributed by atoms with Crippen LogP contribution in [0.3, 0.4) is 0 Å². The molecule has 0 amide bonds. The summed E-state index contributed by atoms with van der Waals surface area (Å²) in [5.74, 6) is 1.97. The van der Waals surface area contributed by atoms with Crippen molar-refractivity contribution >= 4 is 12.6 Å². The van der Waals surface area contributed by atoms with Crippen LogP contribution in [0.15, 0.2) is 0 Å². The van der Waals surface area contributed by atoms with Crippen LogP contribution in [0.25, 0.3) is 0 Å². The SMILES string of the molecule is CCC(C)CCCCS. The van der Waals surface area contributed by atoms with Crippen molar-refractivity contribution in [2.75, 3.05) is 5.75 Å². The van der Waals surface area contributed by atoms with Crippen molar-refractivity contribution < 1.29 is 0 Å². The van der Waals surface area contributed by atoms with Gasteiger partial charge in [-0.3, -0.25) is 0 Å². The second-order valence-electron chi connectivity index (χ2n) is 2.73. The fourth-order valence-electron chi connectivity index (χ4n) is 0.809. The van der Waals surface area contributed by atoms with Crippen molar-refractivity contribution in [3.05, 3.63) is 0 Å². The Labute approximate surface area is 64.4 Å². The molecule has 1 unspecified atom stereocenters. The van der Waals surface area contributed by atoms with Gasteiger partial charge in [0.2, 0.25) is 0 Å². The van der Waals surface area contributed by atoms with Gasteiger partial charge in [-0.25, -0.2) is 0 Å². The van der Waals surface area contributed by atoms with Crippen molar-refractivity contribution in [3.8, 4) is 0 Å². The standard InChI is InChI=1S/C8H18S/c1-3-8(2)6-4-5-7-9/h8-9H,3-7H2,1-2H3. The average molecular weight is 146 g/mol. The minimum atomic E-state index is 0.921. The average Bonchev–Trinajstić information content (AvgIpc) is 1.89. The van der Waals surface area contributed by atoms with Gasteiger partial charge in [-0.2, -0.15) is 12.6 Å². The summed E-state index contributed by atoms with van der Waals surface area (Å²) in [5.41, 5.74) is 0. The van der Waals surface area contributed by atoms with Gasteiger partial charge in [0.05, 0.1) is 0 Å². The molecule has 0 aliphatic rings. The molecule has 0 aromatic rings. The molecule has 0 radical (unpaired) electrons. The first-order valence-corrected chi connectivity index (χ1v) is 4.55. The van der Waals surface area contributed by atoms with Gasteiger partial charge in [-0.15, -0.1) is 0 Å². The molecule has 1 atom stereocenters. The van der Waals surface area contributed by atoms with Gasteiger partial charge in [0.25, 0.3) is 0 Å². The lowest BCUT2D eigenvalue weighted by molar-refractivity contribution is 0.493. The predicted molar refractivity (Wildman–Crippen MR) is 47.2 cm³/mol. The van der Waals surface area contributed by atoms with E-state index in [4.69, 9.17) is 0 Å². The van der Waals surface area contributed by atoms with E-state index in [1.54, 1.807) is 0 Å². The molecule has 0 fully saturated rings.